The van der Waals surface area contributed by atoms with E-state index < -0.39 is 0 Å². The zero-order valence-electron chi connectivity index (χ0n) is 14.0. The summed E-state index contributed by atoms with van der Waals surface area (Å²) in [6.45, 7) is 5.59. The van der Waals surface area contributed by atoms with Crippen LogP contribution in [0.5, 0.6) is 0 Å². The summed E-state index contributed by atoms with van der Waals surface area (Å²) in [6.07, 6.45) is 0. The summed E-state index contributed by atoms with van der Waals surface area (Å²) in [6, 6.07) is 15.0. The van der Waals surface area contributed by atoms with Crippen LogP contribution < -0.4 is 10.2 Å². The van der Waals surface area contributed by atoms with E-state index in [-0.39, 0.29) is 24.3 Å². The van der Waals surface area contributed by atoms with Crippen LogP contribution in [0.25, 0.3) is 0 Å². The highest BCUT2D eigenvalue weighted by Gasteiger charge is 2.19. The molecule has 126 valence electrons. The van der Waals surface area contributed by atoms with Crippen LogP contribution in [-0.4, -0.2) is 18.4 Å². The number of hydrogen-bond donors (Lipinski definition) is 1. The molecular weight excluding hydrogens is 368 g/mol. The van der Waals surface area contributed by atoms with Crippen molar-refractivity contribution in [3.05, 3.63) is 58.6 Å². The zero-order valence-corrected chi connectivity index (χ0v) is 15.6. The summed E-state index contributed by atoms with van der Waals surface area (Å²) < 4.78 is 0.941. The highest BCUT2D eigenvalue weighted by atomic mass is 79.9. The lowest BCUT2D eigenvalue weighted by Crippen LogP contribution is -2.37. The molecule has 0 saturated carbocycles. The second kappa shape index (κ2) is 8.11. The average molecular weight is 389 g/mol. The van der Waals surface area contributed by atoms with Gasteiger partial charge in [-0.2, -0.15) is 0 Å². The lowest BCUT2D eigenvalue weighted by molar-refractivity contribution is -0.120. The molecule has 0 spiro atoms. The smallest absolute Gasteiger partial charge is 0.244 e. The molecule has 4 nitrogen and oxygen atoms in total. The lowest BCUT2D eigenvalue weighted by Gasteiger charge is -2.25. The van der Waals surface area contributed by atoms with E-state index in [9.17, 15) is 9.59 Å². The Hall–Kier alpha value is -2.14. The van der Waals surface area contributed by atoms with Crippen LogP contribution in [0.1, 0.15) is 32.3 Å². The van der Waals surface area contributed by atoms with Gasteiger partial charge >= 0.3 is 0 Å². The van der Waals surface area contributed by atoms with E-state index in [0.29, 0.717) is 5.69 Å². The van der Waals surface area contributed by atoms with Gasteiger partial charge in [0.25, 0.3) is 0 Å². The first-order valence-corrected chi connectivity index (χ1v) is 8.60. The second-order valence-corrected chi connectivity index (χ2v) is 6.79. The minimum absolute atomic E-state index is 0.0187. The van der Waals surface area contributed by atoms with Crippen molar-refractivity contribution >= 4 is 39.1 Å². The first-order valence-electron chi connectivity index (χ1n) is 7.81. The number of carbonyl (C=O) groups excluding carboxylic acids is 2. The van der Waals surface area contributed by atoms with Gasteiger partial charge in [-0.25, -0.2) is 0 Å². The van der Waals surface area contributed by atoms with Crippen LogP contribution in [0.4, 0.5) is 11.4 Å². The quantitative estimate of drug-likeness (QED) is 0.815. The van der Waals surface area contributed by atoms with Gasteiger partial charge in [0, 0.05) is 22.8 Å². The van der Waals surface area contributed by atoms with E-state index in [1.807, 2.05) is 48.5 Å². The molecule has 5 heteroatoms. The number of carbonyl (C=O) groups is 2. The lowest BCUT2D eigenvalue weighted by atomic mass is 10.0. The van der Waals surface area contributed by atoms with Crippen molar-refractivity contribution in [1.82, 2.24) is 0 Å². The molecule has 24 heavy (non-hydrogen) atoms. The van der Waals surface area contributed by atoms with E-state index >= 15 is 0 Å². The molecule has 0 aliphatic carbocycles. The normalized spacial score (nSPS) is 10.5. The van der Waals surface area contributed by atoms with Crippen LogP contribution in [0.2, 0.25) is 0 Å². The number of para-hydroxylation sites is 1. The number of hydrogen-bond acceptors (Lipinski definition) is 2. The highest BCUT2D eigenvalue weighted by molar-refractivity contribution is 9.10. The first-order chi connectivity index (χ1) is 11.4. The van der Waals surface area contributed by atoms with E-state index in [1.54, 1.807) is 0 Å². The monoisotopic (exact) mass is 388 g/mol. The van der Waals surface area contributed by atoms with Gasteiger partial charge in [0.05, 0.1) is 0 Å². The van der Waals surface area contributed by atoms with Crippen molar-refractivity contribution < 1.29 is 9.59 Å². The van der Waals surface area contributed by atoms with Crippen molar-refractivity contribution in [3.63, 3.8) is 0 Å². The van der Waals surface area contributed by atoms with Crippen LogP contribution in [0, 0.1) is 0 Å². The third kappa shape index (κ3) is 4.68. The standard InChI is InChI=1S/C19H21BrN2O2/c1-13(2)17-6-4-5-7-18(17)22(14(3)23)12-19(24)21-16-10-8-15(20)9-11-16/h4-11,13H,12H2,1-3H3,(H,21,24). The molecule has 2 amide bonds. The number of amides is 2. The Morgan fingerprint density at radius 2 is 1.71 bits per heavy atom. The number of halogens is 1. The predicted octanol–water partition coefficient (Wildman–Crippen LogP) is 4.56. The molecule has 0 fully saturated rings. The molecule has 2 aromatic rings. The predicted molar refractivity (Wildman–Crippen MR) is 101 cm³/mol. The Kier molecular flexibility index (Phi) is 6.15. The maximum Gasteiger partial charge on any atom is 0.244 e. The van der Waals surface area contributed by atoms with Gasteiger partial charge in [0.2, 0.25) is 11.8 Å². The number of benzene rings is 2. The Balaban J connectivity index is 2.18. The van der Waals surface area contributed by atoms with Crippen molar-refractivity contribution in [1.29, 1.82) is 0 Å². The van der Waals surface area contributed by atoms with Crippen LogP contribution >= 0.6 is 15.9 Å². The summed E-state index contributed by atoms with van der Waals surface area (Å²) in [5.41, 5.74) is 2.53. The molecule has 1 N–H and O–H groups in total. The van der Waals surface area contributed by atoms with Gasteiger partial charge in [-0.1, -0.05) is 48.0 Å². The van der Waals surface area contributed by atoms with Crippen molar-refractivity contribution in [2.24, 2.45) is 0 Å². The maximum absolute atomic E-state index is 12.4. The number of nitrogens with zero attached hydrogens (tertiary/aromatic N) is 1. The Bertz CT molecular complexity index is 726. The zero-order chi connectivity index (χ0) is 17.7. The summed E-state index contributed by atoms with van der Waals surface area (Å²) in [7, 11) is 0. The molecule has 0 aromatic heterocycles. The van der Waals surface area contributed by atoms with Gasteiger partial charge in [-0.05, 0) is 41.8 Å². The largest absolute Gasteiger partial charge is 0.325 e. The third-order valence-electron chi connectivity index (χ3n) is 3.66. The highest BCUT2D eigenvalue weighted by Crippen LogP contribution is 2.27. The van der Waals surface area contributed by atoms with Gasteiger partial charge in [-0.3, -0.25) is 9.59 Å². The van der Waals surface area contributed by atoms with Gasteiger partial charge in [0.15, 0.2) is 0 Å². The Labute approximate surface area is 151 Å². The number of nitrogens with one attached hydrogen (secondary N) is 1. The third-order valence-corrected chi connectivity index (χ3v) is 4.19. The molecule has 0 heterocycles. The van der Waals surface area contributed by atoms with Gasteiger partial charge < -0.3 is 10.2 Å². The molecule has 0 saturated heterocycles. The fourth-order valence-corrected chi connectivity index (χ4v) is 2.73. The molecule has 0 bridgehead atoms. The first kappa shape index (κ1) is 18.2. The topological polar surface area (TPSA) is 49.4 Å². The SMILES string of the molecule is CC(=O)N(CC(=O)Nc1ccc(Br)cc1)c1ccccc1C(C)C. The summed E-state index contributed by atoms with van der Waals surface area (Å²) in [5.74, 6) is -0.127. The minimum Gasteiger partial charge on any atom is -0.325 e. The van der Waals surface area contributed by atoms with Crippen LogP contribution in [-0.2, 0) is 9.59 Å². The van der Waals surface area contributed by atoms with Crippen LogP contribution in [0.15, 0.2) is 53.0 Å². The second-order valence-electron chi connectivity index (χ2n) is 5.87. The molecule has 0 aliphatic rings. The van der Waals surface area contributed by atoms with Crippen molar-refractivity contribution in [2.45, 2.75) is 26.7 Å². The van der Waals surface area contributed by atoms with E-state index in [1.165, 1.54) is 11.8 Å². The summed E-state index contributed by atoms with van der Waals surface area (Å²) >= 11 is 3.36. The van der Waals surface area contributed by atoms with Crippen LogP contribution in [0.3, 0.4) is 0 Å². The average Bonchev–Trinajstić information content (AvgIpc) is 2.54. The summed E-state index contributed by atoms with van der Waals surface area (Å²) in [5, 5.41) is 2.82. The fourth-order valence-electron chi connectivity index (χ4n) is 2.47. The molecule has 0 aliphatic heterocycles. The Morgan fingerprint density at radius 3 is 2.29 bits per heavy atom. The molecule has 2 rings (SSSR count). The van der Waals surface area contributed by atoms with Crippen molar-refractivity contribution in [2.75, 3.05) is 16.8 Å². The molecule has 0 radical (unpaired) electrons. The van der Waals surface area contributed by atoms with Crippen molar-refractivity contribution in [3.8, 4) is 0 Å². The molecule has 0 unspecified atom stereocenters. The van der Waals surface area contributed by atoms with E-state index in [2.05, 4.69) is 35.1 Å². The minimum atomic E-state index is -0.230. The summed E-state index contributed by atoms with van der Waals surface area (Å²) in [4.78, 5) is 26.0. The van der Waals surface area contributed by atoms with E-state index in [0.717, 1.165) is 15.7 Å². The molecule has 0 atom stereocenters. The van der Waals surface area contributed by atoms with Gasteiger partial charge in [-0.15, -0.1) is 0 Å². The fraction of sp³-hybridized carbons (Fsp3) is 0.263. The van der Waals surface area contributed by atoms with E-state index in [4.69, 9.17) is 0 Å². The maximum atomic E-state index is 12.4. The van der Waals surface area contributed by atoms with Gasteiger partial charge in [0.1, 0.15) is 6.54 Å². The number of anilines is 2. The molecule has 2 aromatic carbocycles. The molecular formula is C19H21BrN2O2. The number of rotatable bonds is 5. The Morgan fingerprint density at radius 1 is 1.08 bits per heavy atom.